The van der Waals surface area contributed by atoms with Crippen molar-refractivity contribution in [2.75, 3.05) is 6.54 Å². The van der Waals surface area contributed by atoms with Crippen LogP contribution < -0.4 is 0 Å². The lowest BCUT2D eigenvalue weighted by Gasteiger charge is -2.24. The molecule has 1 atom stereocenters. The molecule has 0 radical (unpaired) electrons. The third kappa shape index (κ3) is 3.21. The van der Waals surface area contributed by atoms with Gasteiger partial charge in [0.05, 0.1) is 17.7 Å². The van der Waals surface area contributed by atoms with Gasteiger partial charge in [-0.2, -0.15) is 0 Å². The van der Waals surface area contributed by atoms with Gasteiger partial charge in [-0.25, -0.2) is 4.79 Å². The van der Waals surface area contributed by atoms with Crippen molar-refractivity contribution < 1.29 is 14.3 Å². The summed E-state index contributed by atoms with van der Waals surface area (Å²) in [6.45, 7) is 7.94. The maximum atomic E-state index is 13.1. The minimum atomic E-state index is -0.386. The second kappa shape index (κ2) is 6.78. The average Bonchev–Trinajstić information content (AvgIpc) is 3.24. The van der Waals surface area contributed by atoms with Crippen molar-refractivity contribution in [3.63, 3.8) is 0 Å². The number of H-pyrrole nitrogens is 2. The third-order valence-corrected chi connectivity index (χ3v) is 4.69. The monoisotopic (exact) mass is 343 g/mol. The fourth-order valence-electron chi connectivity index (χ4n) is 3.57. The number of esters is 1. The topological polar surface area (TPSA) is 78.2 Å². The van der Waals surface area contributed by atoms with Gasteiger partial charge in [0, 0.05) is 24.1 Å². The van der Waals surface area contributed by atoms with E-state index in [4.69, 9.17) is 4.74 Å². The molecule has 3 heterocycles. The summed E-state index contributed by atoms with van der Waals surface area (Å²) in [4.78, 5) is 33.6. The molecular formula is C19H25N3O3. The Labute approximate surface area is 147 Å². The Morgan fingerprint density at radius 1 is 1.32 bits per heavy atom. The van der Waals surface area contributed by atoms with Crippen LogP contribution in [-0.2, 0) is 4.74 Å². The quantitative estimate of drug-likeness (QED) is 0.834. The number of ether oxygens (including phenoxy) is 1. The Bertz CT molecular complexity index is 774. The van der Waals surface area contributed by atoms with E-state index < -0.39 is 0 Å². The number of rotatable bonds is 4. The molecule has 2 aromatic rings. The lowest BCUT2D eigenvalue weighted by atomic mass is 10.1. The number of nitrogens with zero attached hydrogens (tertiary/aromatic N) is 1. The molecule has 25 heavy (non-hydrogen) atoms. The zero-order chi connectivity index (χ0) is 18.1. The van der Waals surface area contributed by atoms with Crippen LogP contribution >= 0.6 is 0 Å². The van der Waals surface area contributed by atoms with Crippen LogP contribution in [0.2, 0.25) is 0 Å². The highest BCUT2D eigenvalue weighted by Crippen LogP contribution is 2.33. The Balaban J connectivity index is 1.89. The molecule has 0 bridgehead atoms. The molecule has 1 saturated heterocycles. The number of carbonyl (C=O) groups excluding carboxylic acids is 2. The largest absolute Gasteiger partial charge is 0.459 e. The Kier molecular flexibility index (Phi) is 4.70. The van der Waals surface area contributed by atoms with Gasteiger partial charge < -0.3 is 19.6 Å². The van der Waals surface area contributed by atoms with Crippen molar-refractivity contribution >= 4 is 11.9 Å². The van der Waals surface area contributed by atoms with Gasteiger partial charge in [-0.15, -0.1) is 0 Å². The van der Waals surface area contributed by atoms with E-state index in [-0.39, 0.29) is 24.0 Å². The minimum absolute atomic E-state index is 0.0524. The maximum Gasteiger partial charge on any atom is 0.340 e. The van der Waals surface area contributed by atoms with Gasteiger partial charge in [0.1, 0.15) is 5.69 Å². The van der Waals surface area contributed by atoms with Crippen LogP contribution in [0, 0.1) is 13.8 Å². The molecule has 1 aliphatic heterocycles. The SMILES string of the molecule is Cc1[nH]c(C(=O)N2CCC[C@H]2c2ccc[nH]2)c(C)c1C(=O)OC(C)C. The standard InChI is InChI=1S/C19H25N3O3/c1-11(2)25-19(24)16-12(3)17(21-13(16)4)18(23)22-10-6-8-15(22)14-7-5-9-20-14/h5,7,9,11,15,20-21H,6,8,10H2,1-4H3/t15-/m0/s1. The van der Waals surface area contributed by atoms with E-state index in [9.17, 15) is 9.59 Å². The molecule has 1 amide bonds. The van der Waals surface area contributed by atoms with Crippen LogP contribution in [0.3, 0.4) is 0 Å². The van der Waals surface area contributed by atoms with E-state index in [1.165, 1.54) is 0 Å². The smallest absolute Gasteiger partial charge is 0.340 e. The van der Waals surface area contributed by atoms with E-state index in [1.54, 1.807) is 13.8 Å². The van der Waals surface area contributed by atoms with Crippen LogP contribution in [0.15, 0.2) is 18.3 Å². The molecule has 134 valence electrons. The van der Waals surface area contributed by atoms with E-state index in [1.807, 2.05) is 37.1 Å². The maximum absolute atomic E-state index is 13.1. The summed E-state index contributed by atoms with van der Waals surface area (Å²) in [6, 6.07) is 4.01. The second-order valence-corrected chi connectivity index (χ2v) is 6.86. The highest BCUT2D eigenvalue weighted by molar-refractivity contribution is 6.00. The number of hydrogen-bond donors (Lipinski definition) is 2. The highest BCUT2D eigenvalue weighted by atomic mass is 16.5. The zero-order valence-electron chi connectivity index (χ0n) is 15.2. The Morgan fingerprint density at radius 3 is 2.72 bits per heavy atom. The van der Waals surface area contributed by atoms with Crippen molar-refractivity contribution in [3.05, 3.63) is 46.5 Å². The van der Waals surface area contributed by atoms with Gasteiger partial charge >= 0.3 is 5.97 Å². The molecule has 1 aliphatic rings. The fourth-order valence-corrected chi connectivity index (χ4v) is 3.57. The number of likely N-dealkylation sites (tertiary alicyclic amines) is 1. The van der Waals surface area contributed by atoms with Crippen molar-refractivity contribution in [1.82, 2.24) is 14.9 Å². The summed E-state index contributed by atoms with van der Waals surface area (Å²) in [6.07, 6.45) is 3.58. The zero-order valence-corrected chi connectivity index (χ0v) is 15.2. The molecule has 6 heteroatoms. The number of amides is 1. The van der Waals surface area contributed by atoms with Crippen LogP contribution in [0.1, 0.15) is 70.5 Å². The number of hydrogen-bond acceptors (Lipinski definition) is 3. The van der Waals surface area contributed by atoms with Gasteiger partial charge in [-0.3, -0.25) is 4.79 Å². The molecule has 2 N–H and O–H groups in total. The molecule has 0 unspecified atom stereocenters. The first-order valence-corrected chi connectivity index (χ1v) is 8.74. The predicted octanol–water partition coefficient (Wildman–Crippen LogP) is 3.50. The molecule has 0 aromatic carbocycles. The average molecular weight is 343 g/mol. The molecular weight excluding hydrogens is 318 g/mol. The van der Waals surface area contributed by atoms with E-state index in [2.05, 4.69) is 9.97 Å². The van der Waals surface area contributed by atoms with Crippen molar-refractivity contribution in [3.8, 4) is 0 Å². The summed E-state index contributed by atoms with van der Waals surface area (Å²) in [7, 11) is 0. The molecule has 0 spiro atoms. The first kappa shape index (κ1) is 17.3. The first-order valence-electron chi connectivity index (χ1n) is 8.74. The molecule has 2 aromatic heterocycles. The van der Waals surface area contributed by atoms with Gasteiger partial charge in [0.2, 0.25) is 0 Å². The van der Waals surface area contributed by atoms with Crippen LogP contribution in [-0.4, -0.2) is 39.4 Å². The summed E-state index contributed by atoms with van der Waals surface area (Å²) in [5.41, 5.74) is 3.32. The highest BCUT2D eigenvalue weighted by Gasteiger charge is 2.34. The predicted molar refractivity (Wildman–Crippen MR) is 94.6 cm³/mol. The van der Waals surface area contributed by atoms with E-state index in [0.29, 0.717) is 29.1 Å². The molecule has 1 fully saturated rings. The van der Waals surface area contributed by atoms with Gasteiger partial charge in [-0.1, -0.05) is 0 Å². The van der Waals surface area contributed by atoms with Crippen molar-refractivity contribution in [2.45, 2.75) is 52.7 Å². The van der Waals surface area contributed by atoms with Crippen molar-refractivity contribution in [2.24, 2.45) is 0 Å². The molecule has 6 nitrogen and oxygen atoms in total. The van der Waals surface area contributed by atoms with Crippen LogP contribution in [0.25, 0.3) is 0 Å². The summed E-state index contributed by atoms with van der Waals surface area (Å²) in [5, 5.41) is 0. The van der Waals surface area contributed by atoms with E-state index in [0.717, 1.165) is 18.5 Å². The lowest BCUT2D eigenvalue weighted by molar-refractivity contribution is 0.0376. The Morgan fingerprint density at radius 2 is 2.08 bits per heavy atom. The number of aromatic amines is 2. The lowest BCUT2D eigenvalue weighted by Crippen LogP contribution is -2.31. The number of aryl methyl sites for hydroxylation is 1. The van der Waals surface area contributed by atoms with E-state index >= 15 is 0 Å². The molecule has 0 saturated carbocycles. The number of aromatic nitrogens is 2. The fraction of sp³-hybridized carbons (Fsp3) is 0.474. The number of carbonyl (C=O) groups is 2. The first-order chi connectivity index (χ1) is 11.9. The van der Waals surface area contributed by atoms with Gasteiger partial charge in [0.15, 0.2) is 0 Å². The van der Waals surface area contributed by atoms with Gasteiger partial charge in [-0.05, 0) is 58.2 Å². The number of nitrogens with one attached hydrogen (secondary N) is 2. The Hall–Kier alpha value is -2.50. The summed E-state index contributed by atoms with van der Waals surface area (Å²) in [5.74, 6) is -0.455. The van der Waals surface area contributed by atoms with Crippen molar-refractivity contribution in [1.29, 1.82) is 0 Å². The third-order valence-electron chi connectivity index (χ3n) is 4.69. The normalized spacial score (nSPS) is 17.3. The van der Waals surface area contributed by atoms with Gasteiger partial charge in [0.25, 0.3) is 5.91 Å². The summed E-state index contributed by atoms with van der Waals surface area (Å²) >= 11 is 0. The molecule has 3 rings (SSSR count). The summed E-state index contributed by atoms with van der Waals surface area (Å²) < 4.78 is 5.31. The molecule has 0 aliphatic carbocycles. The second-order valence-electron chi connectivity index (χ2n) is 6.86. The minimum Gasteiger partial charge on any atom is -0.459 e. The van der Waals surface area contributed by atoms with Crippen LogP contribution in [0.5, 0.6) is 0 Å². The van der Waals surface area contributed by atoms with Crippen LogP contribution in [0.4, 0.5) is 0 Å².